The van der Waals surface area contributed by atoms with Gasteiger partial charge in [0.15, 0.2) is 12.6 Å². The van der Waals surface area contributed by atoms with Crippen LogP contribution in [0, 0.1) is 0 Å². The lowest BCUT2D eigenvalue weighted by Gasteiger charge is -2.46. The third-order valence-corrected chi connectivity index (χ3v) is 14.0. The first-order chi connectivity index (χ1) is 34.6. The number of ether oxygens (including phenoxy) is 4. The van der Waals surface area contributed by atoms with Crippen molar-refractivity contribution in [1.82, 2.24) is 5.32 Å². The Hall–Kier alpha value is -1.79. The van der Waals surface area contributed by atoms with Crippen molar-refractivity contribution in [3.8, 4) is 0 Å². The van der Waals surface area contributed by atoms with E-state index in [0.29, 0.717) is 12.8 Å². The Morgan fingerprint density at radius 3 is 1.44 bits per heavy atom. The molecule has 2 fully saturated rings. The Kier molecular flexibility index (Phi) is 40.0. The smallest absolute Gasteiger partial charge is 0.220 e. The van der Waals surface area contributed by atoms with Gasteiger partial charge in [0, 0.05) is 6.42 Å². The van der Waals surface area contributed by atoms with Crippen molar-refractivity contribution < 1.29 is 64.6 Å². The number of hydrogen-bond donors (Lipinski definition) is 9. The molecule has 71 heavy (non-hydrogen) atoms. The third-order valence-electron chi connectivity index (χ3n) is 14.0. The van der Waals surface area contributed by atoms with Crippen molar-refractivity contribution in [2.45, 2.75) is 299 Å². The molecule has 0 saturated carbocycles. The maximum absolute atomic E-state index is 13.1. The van der Waals surface area contributed by atoms with Crippen LogP contribution in [0.4, 0.5) is 0 Å². The first kappa shape index (κ1) is 65.3. The lowest BCUT2D eigenvalue weighted by Crippen LogP contribution is -2.65. The number of allylic oxidation sites excluding steroid dienone is 5. The molecule has 1 amide bonds. The quantitative estimate of drug-likeness (QED) is 0.0205. The SMILES string of the molecule is CCC/C=C\CCCCCCCC(=O)NC(COC1OC(CO)C(OC2OC(CO)C(O)C(O)C2O)C(O)C1O)C(O)/C=C/CC/C=C/CCCCCCCCCCCCCCCCCCCCCCC. The van der Waals surface area contributed by atoms with E-state index in [1.807, 2.05) is 6.08 Å². The first-order valence-corrected chi connectivity index (χ1v) is 28.7. The van der Waals surface area contributed by atoms with Crippen LogP contribution in [-0.2, 0) is 23.7 Å². The van der Waals surface area contributed by atoms with Crippen molar-refractivity contribution in [3.05, 3.63) is 36.5 Å². The Bertz CT molecular complexity index is 1330. The Labute approximate surface area is 430 Å². The second-order valence-electron chi connectivity index (χ2n) is 20.4. The minimum Gasteiger partial charge on any atom is -0.394 e. The minimum absolute atomic E-state index is 0.261. The van der Waals surface area contributed by atoms with Gasteiger partial charge in [0.1, 0.15) is 48.8 Å². The average Bonchev–Trinajstić information content (AvgIpc) is 3.37. The summed E-state index contributed by atoms with van der Waals surface area (Å²) in [5.74, 6) is -0.261. The van der Waals surface area contributed by atoms with Gasteiger partial charge in [-0.25, -0.2) is 0 Å². The number of nitrogens with one attached hydrogen (secondary N) is 1. The maximum atomic E-state index is 13.1. The maximum Gasteiger partial charge on any atom is 0.220 e. The van der Waals surface area contributed by atoms with Crippen LogP contribution in [0.2, 0.25) is 0 Å². The molecular formula is C57H105NO13. The van der Waals surface area contributed by atoms with E-state index in [2.05, 4.69) is 43.5 Å². The summed E-state index contributed by atoms with van der Waals surface area (Å²) in [6.45, 7) is 2.71. The van der Waals surface area contributed by atoms with Crippen molar-refractivity contribution in [2.24, 2.45) is 0 Å². The summed E-state index contributed by atoms with van der Waals surface area (Å²) in [5.41, 5.74) is 0. The lowest BCUT2D eigenvalue weighted by molar-refractivity contribution is -0.359. The van der Waals surface area contributed by atoms with E-state index in [4.69, 9.17) is 18.9 Å². The Balaban J connectivity index is 1.73. The molecule has 12 unspecified atom stereocenters. The molecule has 0 aromatic carbocycles. The second-order valence-corrected chi connectivity index (χ2v) is 20.4. The molecule has 0 radical (unpaired) electrons. The van der Waals surface area contributed by atoms with Crippen LogP contribution in [-0.4, -0.2) is 140 Å². The zero-order valence-electron chi connectivity index (χ0n) is 44.5. The molecule has 2 saturated heterocycles. The Morgan fingerprint density at radius 2 is 0.930 bits per heavy atom. The van der Waals surface area contributed by atoms with Crippen LogP contribution >= 0.6 is 0 Å². The lowest BCUT2D eigenvalue weighted by atomic mass is 9.97. The fraction of sp³-hybridized carbons (Fsp3) is 0.877. The van der Waals surface area contributed by atoms with Gasteiger partial charge < -0.3 is 65.1 Å². The molecule has 2 aliphatic heterocycles. The molecule has 2 heterocycles. The van der Waals surface area contributed by atoms with Crippen molar-refractivity contribution in [1.29, 1.82) is 0 Å². The molecule has 0 bridgehead atoms. The topological polar surface area (TPSA) is 228 Å². The van der Waals surface area contributed by atoms with Crippen molar-refractivity contribution in [2.75, 3.05) is 19.8 Å². The van der Waals surface area contributed by atoms with Gasteiger partial charge in [0.05, 0.1) is 32.0 Å². The van der Waals surface area contributed by atoms with Gasteiger partial charge >= 0.3 is 0 Å². The molecule has 9 N–H and O–H groups in total. The summed E-state index contributed by atoms with van der Waals surface area (Å²) in [4.78, 5) is 13.1. The van der Waals surface area contributed by atoms with E-state index in [-0.39, 0.29) is 18.9 Å². The van der Waals surface area contributed by atoms with Crippen LogP contribution < -0.4 is 5.32 Å². The number of aliphatic hydroxyl groups is 8. The van der Waals surface area contributed by atoms with E-state index >= 15 is 0 Å². The standard InChI is InChI=1S/C57H105NO13/c1-3-5-7-9-11-13-15-16-17-18-19-20-21-22-23-24-25-26-27-28-29-30-31-32-34-36-38-40-46(61)45(58-49(62)41-39-37-35-33-14-12-10-8-6-4-2)44-68-56-54(67)52(65)55(48(43-60)70-56)71-57-53(66)51(64)50(63)47(42-59)69-57/h8,10,31-32,38,40,45-48,50-57,59-61,63-67H,3-7,9,11-30,33-37,39,41-44H2,1-2H3,(H,58,62)/b10-8-,32-31+,40-38+. The predicted octanol–water partition coefficient (Wildman–Crippen LogP) is 9.05. The number of hydrogen-bond acceptors (Lipinski definition) is 13. The fourth-order valence-electron chi connectivity index (χ4n) is 9.37. The largest absolute Gasteiger partial charge is 0.394 e. The highest BCUT2D eigenvalue weighted by Crippen LogP contribution is 2.30. The molecule has 0 spiro atoms. The van der Waals surface area contributed by atoms with Crippen LogP contribution in [0.25, 0.3) is 0 Å². The van der Waals surface area contributed by atoms with Crippen LogP contribution in [0.1, 0.15) is 226 Å². The Morgan fingerprint density at radius 1 is 0.493 bits per heavy atom. The molecular weight excluding hydrogens is 907 g/mol. The molecule has 12 atom stereocenters. The molecule has 2 rings (SSSR count). The molecule has 416 valence electrons. The van der Waals surface area contributed by atoms with Gasteiger partial charge in [-0.2, -0.15) is 0 Å². The number of amides is 1. The molecule has 2 aliphatic rings. The minimum atomic E-state index is -1.79. The van der Waals surface area contributed by atoms with Gasteiger partial charge in [0.2, 0.25) is 5.91 Å². The normalized spacial score (nSPS) is 26.0. The van der Waals surface area contributed by atoms with Gasteiger partial charge in [-0.05, 0) is 51.4 Å². The number of unbranched alkanes of at least 4 members (excludes halogenated alkanes) is 28. The van der Waals surface area contributed by atoms with Gasteiger partial charge in [-0.1, -0.05) is 204 Å². The molecule has 14 heteroatoms. The van der Waals surface area contributed by atoms with E-state index in [9.17, 15) is 45.6 Å². The zero-order valence-corrected chi connectivity index (χ0v) is 44.5. The second kappa shape index (κ2) is 43.4. The number of rotatable bonds is 45. The van der Waals surface area contributed by atoms with Crippen molar-refractivity contribution in [3.63, 3.8) is 0 Å². The van der Waals surface area contributed by atoms with Gasteiger partial charge in [-0.15, -0.1) is 0 Å². The number of carbonyl (C=O) groups is 1. The molecule has 0 aliphatic carbocycles. The highest BCUT2D eigenvalue weighted by atomic mass is 16.7. The van der Waals surface area contributed by atoms with E-state index in [1.54, 1.807) is 6.08 Å². The molecule has 0 aromatic heterocycles. The highest BCUT2D eigenvalue weighted by Gasteiger charge is 2.51. The first-order valence-electron chi connectivity index (χ1n) is 28.7. The van der Waals surface area contributed by atoms with E-state index in [1.165, 1.54) is 135 Å². The predicted molar refractivity (Wildman–Crippen MR) is 281 cm³/mol. The monoisotopic (exact) mass is 1010 g/mol. The summed E-state index contributed by atoms with van der Waals surface area (Å²) in [6.07, 6.45) is 35.1. The van der Waals surface area contributed by atoms with Crippen molar-refractivity contribution >= 4 is 5.91 Å². The van der Waals surface area contributed by atoms with E-state index < -0.39 is 86.8 Å². The van der Waals surface area contributed by atoms with Crippen LogP contribution in [0.15, 0.2) is 36.5 Å². The van der Waals surface area contributed by atoms with Crippen LogP contribution in [0.3, 0.4) is 0 Å². The van der Waals surface area contributed by atoms with Crippen LogP contribution in [0.5, 0.6) is 0 Å². The molecule has 0 aromatic rings. The summed E-state index contributed by atoms with van der Waals surface area (Å²) in [5, 5.41) is 86.8. The third kappa shape index (κ3) is 29.8. The summed E-state index contributed by atoms with van der Waals surface area (Å²) in [6, 6.07) is -0.933. The summed E-state index contributed by atoms with van der Waals surface area (Å²) in [7, 11) is 0. The zero-order chi connectivity index (χ0) is 51.7. The highest BCUT2D eigenvalue weighted by molar-refractivity contribution is 5.76. The fourth-order valence-corrected chi connectivity index (χ4v) is 9.37. The van der Waals surface area contributed by atoms with Gasteiger partial charge in [-0.3, -0.25) is 4.79 Å². The molecule has 14 nitrogen and oxygen atoms in total. The number of aliphatic hydroxyl groups excluding tert-OH is 8. The van der Waals surface area contributed by atoms with E-state index in [0.717, 1.165) is 57.8 Å². The van der Waals surface area contributed by atoms with Gasteiger partial charge in [0.25, 0.3) is 0 Å². The summed E-state index contributed by atoms with van der Waals surface area (Å²) >= 11 is 0. The number of carbonyl (C=O) groups excluding carboxylic acids is 1. The average molecular weight is 1010 g/mol. The summed E-state index contributed by atoms with van der Waals surface area (Å²) < 4.78 is 22.7.